The van der Waals surface area contributed by atoms with Crippen LogP contribution in [0.3, 0.4) is 0 Å². The van der Waals surface area contributed by atoms with Crippen molar-refractivity contribution in [1.29, 1.82) is 0 Å². The predicted octanol–water partition coefficient (Wildman–Crippen LogP) is 10.7. The Bertz CT molecular complexity index is 4510. The summed E-state index contributed by atoms with van der Waals surface area (Å²) in [6, 6.07) is 0. The van der Waals surface area contributed by atoms with Crippen molar-refractivity contribution < 1.29 is 0 Å². The van der Waals surface area contributed by atoms with Crippen molar-refractivity contribution in [3.63, 3.8) is 0 Å². The van der Waals surface area contributed by atoms with Gasteiger partial charge in [0.15, 0.2) is 0 Å². The molecule has 0 radical (unpaired) electrons. The highest BCUT2D eigenvalue weighted by atomic mass is 13.5. The van der Waals surface area contributed by atoms with Crippen LogP contribution in [0, 0.1) is 0 Å². The maximum absolute atomic E-state index is 3.31. The smallest absolute Gasteiger partial charge is 0 e. The van der Waals surface area contributed by atoms with E-state index in [1.165, 1.54) is 0 Å². The Morgan fingerprint density at radius 2 is 0.121 bits per heavy atom. The number of hydrogen-bond acceptors (Lipinski definition) is 0. The lowest BCUT2D eigenvalue weighted by molar-refractivity contribution is 2.10. The molecule has 0 unspecified atom stereocenters. The molecule has 0 aromatic carbocycles. The largest absolute Gasteiger partial charge is 0.0687 e. The maximum Gasteiger partial charge on any atom is 0 e. The molecule has 0 aliphatic carbocycles. The summed E-state index contributed by atoms with van der Waals surface area (Å²) in [5, 5.41) is 0. The van der Waals surface area contributed by atoms with Gasteiger partial charge in [-0.05, 0) is 105 Å². The minimum atomic E-state index is 2.37. The molecule has 0 aliphatic heterocycles. The second-order valence-electron chi connectivity index (χ2n) is 8.10. The molecular formula is C66H4. The van der Waals surface area contributed by atoms with Gasteiger partial charge in [0.25, 0.3) is 0 Å². The lowest BCUT2D eigenvalue weighted by atomic mass is 10.6. The second kappa shape index (κ2) is 50.7. The Hall–Kier alpha value is -14.3. The average molecular weight is 797 g/mol. The SMILES string of the molecule is C=C=C=C=C=C=C=C=C=C=C=C=C=C=C=C=C=C=C=C=C=C=C=C=C=C=C=C=C=C=C=C=C=C=C=C=C=C=C=C=C=C=C=C=C=C=C=C=C=C=C=C=C=C=C=C=C=C=C=C=C=C=C=C=C=C. The third kappa shape index (κ3) is 49.7. The van der Waals surface area contributed by atoms with E-state index < -0.39 is 0 Å². The van der Waals surface area contributed by atoms with Gasteiger partial charge in [0.05, 0.1) is 0 Å². The summed E-state index contributed by atoms with van der Waals surface area (Å²) in [6.07, 6.45) is 0. The molecule has 66 heavy (non-hydrogen) atoms. The summed E-state index contributed by atoms with van der Waals surface area (Å²) in [7, 11) is 0. The van der Waals surface area contributed by atoms with Gasteiger partial charge in [0.1, 0.15) is 0 Å². The molecule has 0 aromatic rings. The zero-order chi connectivity index (χ0) is 47.3. The van der Waals surface area contributed by atoms with Crippen LogP contribution in [0.25, 0.3) is 0 Å². The Labute approximate surface area is 378 Å². The van der Waals surface area contributed by atoms with Crippen LogP contribution in [-0.2, 0) is 0 Å². The van der Waals surface area contributed by atoms with Crippen molar-refractivity contribution in [2.75, 3.05) is 0 Å². The molecule has 0 aromatic heterocycles. The molecule has 0 heteroatoms. The molecule has 0 amide bonds. The lowest BCUT2D eigenvalue weighted by Gasteiger charge is -1.41. The molecule has 0 heterocycles. The Morgan fingerprint density at radius 3 is 0.167 bits per heavy atom. The molecule has 0 bridgehead atoms. The number of hydrogen-bond donors (Lipinski definition) is 0. The normalized spacial score (nSPS) is 3.94. The fraction of sp³-hybridized carbons (Fsp3) is 0. The van der Waals surface area contributed by atoms with E-state index >= 15 is 0 Å². The van der Waals surface area contributed by atoms with E-state index in [1.54, 1.807) is 0 Å². The highest BCUT2D eigenvalue weighted by Gasteiger charge is 1.47. The van der Waals surface area contributed by atoms with E-state index in [4.69, 9.17) is 0 Å². The van der Waals surface area contributed by atoms with E-state index in [-0.39, 0.29) is 0 Å². The van der Waals surface area contributed by atoms with Gasteiger partial charge in [-0.2, -0.15) is 0 Å². The minimum Gasteiger partial charge on any atom is -0.0687 e. The van der Waals surface area contributed by atoms with Gasteiger partial charge in [-0.1, -0.05) is 11.5 Å². The van der Waals surface area contributed by atoms with Crippen LogP contribution in [0.2, 0.25) is 0 Å². The van der Waals surface area contributed by atoms with Gasteiger partial charge < -0.3 is 0 Å². The Morgan fingerprint density at radius 1 is 0.0758 bits per heavy atom. The average Bonchev–Trinajstić information content (AvgIpc) is 3.33. The molecule has 0 aliphatic rings. The summed E-state index contributed by atoms with van der Waals surface area (Å²) in [5.41, 5.74) is 159. The summed E-state index contributed by atoms with van der Waals surface area (Å²) in [5.74, 6) is 0. The zero-order valence-corrected chi connectivity index (χ0v) is 33.4. The van der Waals surface area contributed by atoms with Crippen LogP contribution in [0.1, 0.15) is 0 Å². The summed E-state index contributed by atoms with van der Waals surface area (Å²) < 4.78 is 0. The van der Waals surface area contributed by atoms with E-state index in [0.717, 1.165) is 0 Å². The van der Waals surface area contributed by atoms with E-state index in [0.29, 0.717) is 0 Å². The van der Waals surface area contributed by atoms with Gasteiger partial charge in [-0.15, -0.1) is 0 Å². The third-order valence-corrected chi connectivity index (χ3v) is 3.99. The highest BCUT2D eigenvalue weighted by molar-refractivity contribution is 4.98. The first kappa shape index (κ1) is 51.7. The quantitative estimate of drug-likeness (QED) is 0.214. The summed E-state index contributed by atoms with van der Waals surface area (Å²) >= 11 is 0. The number of rotatable bonds is 0. The molecule has 0 fully saturated rings. The Kier molecular flexibility index (Phi) is 39.7. The minimum absolute atomic E-state index is 2.37. The lowest BCUT2D eigenvalue weighted by Crippen LogP contribution is -1.26. The van der Waals surface area contributed by atoms with Crippen LogP contribution < -0.4 is 0 Å². The first-order valence-electron chi connectivity index (χ1n) is 16.5. The van der Waals surface area contributed by atoms with Crippen LogP contribution >= 0.6 is 0 Å². The molecule has 0 spiro atoms. The van der Waals surface area contributed by atoms with Crippen molar-refractivity contribution in [2.45, 2.75) is 0 Å². The van der Waals surface area contributed by atoms with Gasteiger partial charge >= 0.3 is 0 Å². The molecule has 0 atom stereocenters. The van der Waals surface area contributed by atoms with Crippen molar-refractivity contribution in [3.05, 3.63) is 380 Å². The van der Waals surface area contributed by atoms with Crippen LogP contribution in [-0.4, -0.2) is 0 Å². The standard InChI is InChI=1S/C66H4/c1-3-5-7-9-11-13-15-17-19-21-23-25-27-29-31-33-35-37-39-41-43-45-47-49-51-53-55-57-59-61-63-65-66-64-62-60-58-56-54-52-50-48-46-44-42-40-38-36-34-32-30-28-26-24-22-20-18-16-14-12-10-8-6-4-2/h1-2H2. The zero-order valence-electron chi connectivity index (χ0n) is 33.4. The van der Waals surface area contributed by atoms with E-state index in [2.05, 4.69) is 380 Å². The highest BCUT2D eigenvalue weighted by Crippen LogP contribution is 1.63. The molecule has 268 valence electrons. The fourth-order valence-corrected chi connectivity index (χ4v) is 1.96. The molecular weight excluding hydrogens is 793 g/mol. The van der Waals surface area contributed by atoms with Crippen LogP contribution in [0.4, 0.5) is 0 Å². The Balaban J connectivity index is 6.13. The van der Waals surface area contributed by atoms with Crippen molar-refractivity contribution in [1.82, 2.24) is 0 Å². The topological polar surface area (TPSA) is 0 Å². The van der Waals surface area contributed by atoms with Crippen LogP contribution in [0.5, 0.6) is 0 Å². The van der Waals surface area contributed by atoms with Crippen molar-refractivity contribution >= 4 is 0 Å². The third-order valence-electron chi connectivity index (χ3n) is 3.99. The van der Waals surface area contributed by atoms with Crippen LogP contribution in [0.15, 0.2) is 380 Å². The molecule has 0 saturated carbocycles. The summed E-state index contributed by atoms with van der Waals surface area (Å²) in [4.78, 5) is 0. The molecule has 0 saturated heterocycles. The van der Waals surface area contributed by atoms with Gasteiger partial charge in [-0.25, -0.2) is 0 Å². The monoisotopic (exact) mass is 796 g/mol. The first-order valence-corrected chi connectivity index (χ1v) is 16.5. The maximum atomic E-state index is 3.31. The molecule has 0 N–H and O–H groups in total. The summed E-state index contributed by atoms with van der Waals surface area (Å²) in [6.45, 7) is 6.63. The molecule has 0 rings (SSSR count). The van der Waals surface area contributed by atoms with E-state index in [9.17, 15) is 0 Å². The van der Waals surface area contributed by atoms with E-state index in [1.807, 2.05) is 0 Å². The van der Waals surface area contributed by atoms with Gasteiger partial charge in [0, 0.05) is 264 Å². The van der Waals surface area contributed by atoms with Crippen molar-refractivity contribution in [3.8, 4) is 0 Å². The first-order chi connectivity index (χ1) is 32.9. The van der Waals surface area contributed by atoms with Crippen molar-refractivity contribution in [2.24, 2.45) is 0 Å². The van der Waals surface area contributed by atoms with Gasteiger partial charge in [0.2, 0.25) is 0 Å². The molecule has 0 nitrogen and oxygen atoms in total. The van der Waals surface area contributed by atoms with Gasteiger partial charge in [-0.3, -0.25) is 0 Å². The second-order valence-corrected chi connectivity index (χ2v) is 8.10. The predicted molar refractivity (Wildman–Crippen MR) is 236 cm³/mol. The fourth-order valence-electron chi connectivity index (χ4n) is 1.96.